The molecule has 1 aliphatic rings. The second-order valence-electron chi connectivity index (χ2n) is 4.89. The predicted octanol–water partition coefficient (Wildman–Crippen LogP) is 1.67. The molecule has 2 aromatic rings. The maximum atomic E-state index is 12.8. The lowest BCUT2D eigenvalue weighted by Crippen LogP contribution is -2.42. The molecule has 1 aliphatic heterocycles. The van der Waals surface area contributed by atoms with Crippen molar-refractivity contribution in [1.29, 1.82) is 0 Å². The van der Waals surface area contributed by atoms with Crippen molar-refractivity contribution in [2.24, 2.45) is 0 Å². The van der Waals surface area contributed by atoms with Gasteiger partial charge >= 0.3 is 6.18 Å². The molecule has 0 saturated heterocycles. The summed E-state index contributed by atoms with van der Waals surface area (Å²) in [6.45, 7) is 3.43. The van der Waals surface area contributed by atoms with Crippen molar-refractivity contribution in [3.8, 4) is 0 Å². The second-order valence-corrected chi connectivity index (χ2v) is 5.65. The van der Waals surface area contributed by atoms with Gasteiger partial charge in [0.2, 0.25) is 5.82 Å². The van der Waals surface area contributed by atoms with Crippen LogP contribution in [0.15, 0.2) is 0 Å². The number of halogens is 3. The average molecular weight is 332 g/mol. The van der Waals surface area contributed by atoms with Gasteiger partial charge in [-0.1, -0.05) is 4.49 Å². The first-order valence-electron chi connectivity index (χ1n) is 6.41. The fraction of sp³-hybridized carbons (Fsp3) is 0.545. The molecule has 0 bridgehead atoms. The molecule has 0 saturated carbocycles. The van der Waals surface area contributed by atoms with Crippen molar-refractivity contribution in [3.63, 3.8) is 0 Å². The average Bonchev–Trinajstić information content (AvgIpc) is 3.04. The first kappa shape index (κ1) is 14.9. The molecule has 1 atom stereocenters. The number of aromatic nitrogens is 5. The van der Waals surface area contributed by atoms with Gasteiger partial charge in [0.05, 0.1) is 11.7 Å². The zero-order valence-electron chi connectivity index (χ0n) is 11.6. The molecule has 118 valence electrons. The maximum absolute atomic E-state index is 12.8. The quantitative estimate of drug-likeness (QED) is 0.794. The number of carbonyl (C=O) groups excluding carboxylic acids is 1. The van der Waals surface area contributed by atoms with Crippen molar-refractivity contribution in [3.05, 3.63) is 22.2 Å². The van der Waals surface area contributed by atoms with Gasteiger partial charge in [-0.2, -0.15) is 13.2 Å². The maximum Gasteiger partial charge on any atom is 0.451 e. The van der Waals surface area contributed by atoms with E-state index in [1.807, 2.05) is 0 Å². The van der Waals surface area contributed by atoms with E-state index in [9.17, 15) is 18.0 Å². The van der Waals surface area contributed by atoms with Gasteiger partial charge in [-0.05, 0) is 25.4 Å². The van der Waals surface area contributed by atoms with Crippen LogP contribution in [0.25, 0.3) is 0 Å². The van der Waals surface area contributed by atoms with E-state index in [-0.39, 0.29) is 24.8 Å². The monoisotopic (exact) mass is 332 g/mol. The Morgan fingerprint density at radius 2 is 2.00 bits per heavy atom. The number of nitrogens with zero attached hydrogens (tertiary/aromatic N) is 6. The summed E-state index contributed by atoms with van der Waals surface area (Å²) in [4.78, 5) is 14.3. The molecule has 11 heteroatoms. The smallest absolute Gasteiger partial charge is 0.326 e. The van der Waals surface area contributed by atoms with E-state index in [0.29, 0.717) is 10.6 Å². The molecule has 3 rings (SSSR count). The Balaban J connectivity index is 1.93. The van der Waals surface area contributed by atoms with E-state index in [1.54, 1.807) is 13.8 Å². The van der Waals surface area contributed by atoms with Gasteiger partial charge in [-0.15, -0.1) is 15.3 Å². The van der Waals surface area contributed by atoms with Crippen LogP contribution >= 0.6 is 11.5 Å². The van der Waals surface area contributed by atoms with Crippen molar-refractivity contribution in [1.82, 2.24) is 29.3 Å². The van der Waals surface area contributed by atoms with Crippen molar-refractivity contribution in [2.45, 2.75) is 32.6 Å². The molecule has 3 heterocycles. The zero-order chi connectivity index (χ0) is 16.1. The fourth-order valence-corrected chi connectivity index (χ4v) is 3.04. The molecular formula is C11H11F3N6OS. The molecule has 1 unspecified atom stereocenters. The van der Waals surface area contributed by atoms with Crippen LogP contribution in [0.4, 0.5) is 13.2 Å². The highest BCUT2D eigenvalue weighted by molar-refractivity contribution is 7.07. The van der Waals surface area contributed by atoms with Crippen LogP contribution in [-0.2, 0) is 12.7 Å². The largest absolute Gasteiger partial charge is 0.451 e. The molecule has 0 aromatic carbocycles. The lowest BCUT2D eigenvalue weighted by atomic mass is 10.2. The number of hydrogen-bond acceptors (Lipinski definition) is 6. The molecule has 0 spiro atoms. The van der Waals surface area contributed by atoms with Crippen LogP contribution in [0, 0.1) is 6.92 Å². The van der Waals surface area contributed by atoms with Crippen LogP contribution in [0.2, 0.25) is 0 Å². The molecule has 22 heavy (non-hydrogen) atoms. The highest BCUT2D eigenvalue weighted by Crippen LogP contribution is 2.33. The third kappa shape index (κ3) is 2.25. The number of carbonyl (C=O) groups is 1. The summed E-state index contributed by atoms with van der Waals surface area (Å²) >= 11 is 0.969. The molecule has 0 fully saturated rings. The summed E-state index contributed by atoms with van der Waals surface area (Å²) < 4.78 is 43.3. The lowest BCUT2D eigenvalue weighted by molar-refractivity contribution is -0.148. The van der Waals surface area contributed by atoms with Crippen LogP contribution in [0.5, 0.6) is 0 Å². The second kappa shape index (κ2) is 5.00. The van der Waals surface area contributed by atoms with Gasteiger partial charge in [0, 0.05) is 13.1 Å². The van der Waals surface area contributed by atoms with E-state index >= 15 is 0 Å². The van der Waals surface area contributed by atoms with Crippen molar-refractivity contribution in [2.75, 3.05) is 6.54 Å². The first-order valence-corrected chi connectivity index (χ1v) is 7.18. The minimum Gasteiger partial charge on any atom is -0.326 e. The first-order chi connectivity index (χ1) is 10.3. The third-order valence-corrected chi connectivity index (χ3v) is 4.36. The normalized spacial score (nSPS) is 18.4. The van der Waals surface area contributed by atoms with Gasteiger partial charge < -0.3 is 9.47 Å². The van der Waals surface area contributed by atoms with Crippen LogP contribution in [0.3, 0.4) is 0 Å². The summed E-state index contributed by atoms with van der Waals surface area (Å²) in [5.74, 6) is -1.21. The van der Waals surface area contributed by atoms with E-state index in [1.165, 1.54) is 4.90 Å². The van der Waals surface area contributed by atoms with Gasteiger partial charge in [-0.25, -0.2) is 0 Å². The Bertz CT molecular complexity index is 724. The molecule has 2 aromatic heterocycles. The number of rotatable bonds is 1. The summed E-state index contributed by atoms with van der Waals surface area (Å²) in [6.07, 6.45) is -4.56. The van der Waals surface area contributed by atoms with Crippen molar-refractivity contribution >= 4 is 17.4 Å². The van der Waals surface area contributed by atoms with E-state index < -0.39 is 18.0 Å². The highest BCUT2D eigenvalue weighted by Gasteiger charge is 2.42. The summed E-state index contributed by atoms with van der Waals surface area (Å²) in [6, 6.07) is -0.605. The fourth-order valence-electron chi connectivity index (χ4n) is 2.43. The van der Waals surface area contributed by atoms with Crippen LogP contribution < -0.4 is 0 Å². The van der Waals surface area contributed by atoms with Gasteiger partial charge in [0.1, 0.15) is 4.88 Å². The Labute approximate surface area is 126 Å². The molecule has 1 amide bonds. The SMILES string of the molecule is Cc1nnsc1C(=O)N1CCn2c(nnc2C(F)(F)F)C1C. The Morgan fingerprint density at radius 1 is 1.27 bits per heavy atom. The third-order valence-electron chi connectivity index (χ3n) is 3.55. The molecule has 0 N–H and O–H groups in total. The lowest BCUT2D eigenvalue weighted by Gasteiger charge is -2.33. The van der Waals surface area contributed by atoms with Gasteiger partial charge in [0.25, 0.3) is 5.91 Å². The molecule has 7 nitrogen and oxygen atoms in total. The highest BCUT2D eigenvalue weighted by atomic mass is 32.1. The molecular weight excluding hydrogens is 321 g/mol. The predicted molar refractivity (Wildman–Crippen MR) is 69.1 cm³/mol. The molecule has 0 aliphatic carbocycles. The van der Waals surface area contributed by atoms with Crippen LogP contribution in [0.1, 0.15) is 40.0 Å². The number of aryl methyl sites for hydroxylation is 1. The number of fused-ring (bicyclic) bond motifs is 1. The van der Waals surface area contributed by atoms with Gasteiger partial charge in [-0.3, -0.25) is 4.79 Å². The number of alkyl halides is 3. The van der Waals surface area contributed by atoms with Crippen LogP contribution in [-0.4, -0.2) is 41.7 Å². The van der Waals surface area contributed by atoms with Crippen molar-refractivity contribution < 1.29 is 18.0 Å². The Kier molecular flexibility index (Phi) is 3.38. The zero-order valence-corrected chi connectivity index (χ0v) is 12.4. The summed E-state index contributed by atoms with van der Waals surface area (Å²) in [5, 5.41) is 10.6. The summed E-state index contributed by atoms with van der Waals surface area (Å²) in [7, 11) is 0. The minimum absolute atomic E-state index is 0.00145. The number of amides is 1. The minimum atomic E-state index is -4.56. The van der Waals surface area contributed by atoms with E-state index in [4.69, 9.17) is 0 Å². The standard InChI is InChI=1S/C11H11F3N6OS/c1-5-7(22-18-15-5)9(21)19-3-4-20-8(6(19)2)16-17-10(20)11(12,13)14/h6H,3-4H2,1-2H3. The number of hydrogen-bond donors (Lipinski definition) is 0. The Morgan fingerprint density at radius 3 is 2.59 bits per heavy atom. The Hall–Kier alpha value is -2.04. The van der Waals surface area contributed by atoms with E-state index in [0.717, 1.165) is 16.1 Å². The summed E-state index contributed by atoms with van der Waals surface area (Å²) in [5.41, 5.74) is 0.505. The molecule has 0 radical (unpaired) electrons. The van der Waals surface area contributed by atoms with Gasteiger partial charge in [0.15, 0.2) is 5.82 Å². The van der Waals surface area contributed by atoms with E-state index in [2.05, 4.69) is 19.8 Å². The topological polar surface area (TPSA) is 76.8 Å².